The van der Waals surface area contributed by atoms with Crippen molar-refractivity contribution in [2.75, 3.05) is 12.0 Å². The first-order valence-corrected chi connectivity index (χ1v) is 9.93. The first-order chi connectivity index (χ1) is 15.2. The van der Waals surface area contributed by atoms with Crippen molar-refractivity contribution >= 4 is 45.8 Å². The third-order valence-electron chi connectivity index (χ3n) is 4.80. The van der Waals surface area contributed by atoms with Crippen molar-refractivity contribution < 1.29 is 4.39 Å². The minimum atomic E-state index is -0.475. The largest absolute Gasteiger partial charge is 0.372 e. The highest BCUT2D eigenvalue weighted by molar-refractivity contribution is 6.31. The van der Waals surface area contributed by atoms with Gasteiger partial charge in [0.25, 0.3) is 0 Å². The second kappa shape index (κ2) is 8.12. The summed E-state index contributed by atoms with van der Waals surface area (Å²) in [5.74, 6) is 0.636. The molecule has 0 unspecified atom stereocenters. The van der Waals surface area contributed by atoms with E-state index in [1.165, 1.54) is 12.1 Å². The Labute approximate surface area is 182 Å². The molecule has 1 aliphatic heterocycles. The molecule has 5 rings (SSSR count). The maximum absolute atomic E-state index is 13.6. The number of nitrogens with one attached hydrogen (secondary N) is 2. The van der Waals surface area contributed by atoms with E-state index in [-0.39, 0.29) is 5.02 Å². The van der Waals surface area contributed by atoms with Crippen LogP contribution < -0.4 is 10.6 Å². The lowest BCUT2D eigenvalue weighted by Crippen LogP contribution is -2.11. The van der Waals surface area contributed by atoms with Crippen LogP contribution in [0.1, 0.15) is 5.56 Å². The molecule has 0 saturated heterocycles. The molecule has 0 atom stereocenters. The average Bonchev–Trinajstić information content (AvgIpc) is 2.82. The van der Waals surface area contributed by atoms with Crippen molar-refractivity contribution in [1.29, 1.82) is 0 Å². The number of fused-ring (bicyclic) bond motifs is 1. The third-order valence-corrected chi connectivity index (χ3v) is 5.09. The zero-order valence-corrected chi connectivity index (χ0v) is 16.9. The molecule has 152 valence electrons. The summed E-state index contributed by atoms with van der Waals surface area (Å²) in [5.41, 5.74) is 4.11. The summed E-state index contributed by atoms with van der Waals surface area (Å²) >= 11 is 5.95. The SMILES string of the molecule is Fc1ccc(Nc2nc(-c3cccnc3)nc3cc(C4=CNCN=C4)ccc23)cc1Cl. The molecule has 0 amide bonds. The molecule has 2 N–H and O–H groups in total. The number of hydrogen-bond acceptors (Lipinski definition) is 6. The standard InChI is InChI=1S/C23H16ClFN6/c24-19-9-17(4-6-20(19)25)29-23-18-5-3-14(16-11-27-13-28-12-16)8-21(18)30-22(31-23)15-2-1-7-26-10-15/h1-12,27H,13H2,(H,29,30,31). The van der Waals surface area contributed by atoms with Gasteiger partial charge in [0, 0.05) is 47.0 Å². The molecule has 31 heavy (non-hydrogen) atoms. The van der Waals surface area contributed by atoms with Crippen molar-refractivity contribution in [2.45, 2.75) is 0 Å². The van der Waals surface area contributed by atoms with E-state index in [2.05, 4.69) is 20.6 Å². The lowest BCUT2D eigenvalue weighted by atomic mass is 10.0. The summed E-state index contributed by atoms with van der Waals surface area (Å²) < 4.78 is 13.6. The number of allylic oxidation sites excluding steroid dienone is 1. The summed E-state index contributed by atoms with van der Waals surface area (Å²) in [4.78, 5) is 17.9. The predicted octanol–water partition coefficient (Wildman–Crippen LogP) is 5.20. The monoisotopic (exact) mass is 430 g/mol. The molecule has 0 spiro atoms. The molecule has 8 heteroatoms. The zero-order valence-electron chi connectivity index (χ0n) is 16.2. The van der Waals surface area contributed by atoms with Gasteiger partial charge in [-0.05, 0) is 48.0 Å². The molecule has 3 heterocycles. The molecular formula is C23H16ClFN6. The Balaban J connectivity index is 1.65. The van der Waals surface area contributed by atoms with Gasteiger partial charge in [0.15, 0.2) is 5.82 Å². The summed E-state index contributed by atoms with van der Waals surface area (Å²) in [6.45, 7) is 0.568. The van der Waals surface area contributed by atoms with Gasteiger partial charge in [-0.1, -0.05) is 17.7 Å². The van der Waals surface area contributed by atoms with E-state index < -0.39 is 5.82 Å². The van der Waals surface area contributed by atoms with Crippen LogP contribution in [0.25, 0.3) is 27.9 Å². The molecule has 4 aromatic rings. The third kappa shape index (κ3) is 3.95. The highest BCUT2D eigenvalue weighted by Gasteiger charge is 2.13. The fraction of sp³-hybridized carbons (Fsp3) is 0.0435. The first kappa shape index (κ1) is 19.1. The van der Waals surface area contributed by atoms with Crippen LogP contribution in [0.15, 0.2) is 72.1 Å². The minimum absolute atomic E-state index is 0.0363. The lowest BCUT2D eigenvalue weighted by Gasteiger charge is -2.13. The van der Waals surface area contributed by atoms with Crippen LogP contribution in [-0.2, 0) is 0 Å². The highest BCUT2D eigenvalue weighted by Crippen LogP contribution is 2.30. The summed E-state index contributed by atoms with van der Waals surface area (Å²) in [6, 6.07) is 14.1. The topological polar surface area (TPSA) is 75.1 Å². The van der Waals surface area contributed by atoms with Crippen LogP contribution in [0.4, 0.5) is 15.9 Å². The Morgan fingerprint density at radius 2 is 1.97 bits per heavy atom. The fourth-order valence-corrected chi connectivity index (χ4v) is 3.47. The van der Waals surface area contributed by atoms with E-state index in [1.807, 2.05) is 42.7 Å². The van der Waals surface area contributed by atoms with Crippen LogP contribution in [0.3, 0.4) is 0 Å². The van der Waals surface area contributed by atoms with Crippen molar-refractivity contribution in [3.8, 4) is 11.4 Å². The van der Waals surface area contributed by atoms with Crippen LogP contribution in [0.5, 0.6) is 0 Å². The van der Waals surface area contributed by atoms with Crippen LogP contribution in [-0.4, -0.2) is 27.8 Å². The van der Waals surface area contributed by atoms with Crippen molar-refractivity contribution in [2.24, 2.45) is 4.99 Å². The number of aliphatic imine (C=N–C) groups is 1. The van der Waals surface area contributed by atoms with Gasteiger partial charge in [-0.25, -0.2) is 14.4 Å². The van der Waals surface area contributed by atoms with Gasteiger partial charge in [-0.3, -0.25) is 9.98 Å². The highest BCUT2D eigenvalue weighted by atomic mass is 35.5. The molecule has 0 fully saturated rings. The van der Waals surface area contributed by atoms with E-state index in [9.17, 15) is 4.39 Å². The summed E-state index contributed by atoms with van der Waals surface area (Å²) in [5, 5.41) is 7.22. The van der Waals surface area contributed by atoms with Gasteiger partial charge < -0.3 is 10.6 Å². The van der Waals surface area contributed by atoms with E-state index in [1.54, 1.807) is 18.5 Å². The van der Waals surface area contributed by atoms with E-state index in [4.69, 9.17) is 21.6 Å². The van der Waals surface area contributed by atoms with Crippen molar-refractivity contribution in [3.05, 3.63) is 83.5 Å². The van der Waals surface area contributed by atoms with E-state index >= 15 is 0 Å². The van der Waals surface area contributed by atoms with Gasteiger partial charge in [0.2, 0.25) is 0 Å². The molecule has 6 nitrogen and oxygen atoms in total. The number of aromatic nitrogens is 3. The van der Waals surface area contributed by atoms with Crippen molar-refractivity contribution in [1.82, 2.24) is 20.3 Å². The Hall–Kier alpha value is -3.84. The number of nitrogens with zero attached hydrogens (tertiary/aromatic N) is 4. The van der Waals surface area contributed by atoms with Crippen LogP contribution in [0, 0.1) is 5.82 Å². The first-order valence-electron chi connectivity index (χ1n) is 9.55. The van der Waals surface area contributed by atoms with Gasteiger partial charge in [0.1, 0.15) is 18.3 Å². The number of anilines is 2. The number of hydrogen-bond donors (Lipinski definition) is 2. The molecule has 0 saturated carbocycles. The Bertz CT molecular complexity index is 1340. The average molecular weight is 431 g/mol. The number of pyridine rings is 1. The number of halogens is 2. The number of benzene rings is 2. The minimum Gasteiger partial charge on any atom is -0.372 e. The quantitative estimate of drug-likeness (QED) is 0.465. The molecule has 0 bridgehead atoms. The molecule has 2 aromatic carbocycles. The Morgan fingerprint density at radius 3 is 2.74 bits per heavy atom. The maximum Gasteiger partial charge on any atom is 0.163 e. The van der Waals surface area contributed by atoms with E-state index in [0.29, 0.717) is 24.0 Å². The molecule has 1 aliphatic rings. The molecule has 2 aromatic heterocycles. The second-order valence-electron chi connectivity index (χ2n) is 6.90. The number of rotatable bonds is 4. The fourth-order valence-electron chi connectivity index (χ4n) is 3.29. The normalized spacial score (nSPS) is 13.0. The van der Waals surface area contributed by atoms with Gasteiger partial charge in [-0.2, -0.15) is 0 Å². The van der Waals surface area contributed by atoms with Gasteiger partial charge in [-0.15, -0.1) is 0 Å². The van der Waals surface area contributed by atoms with Gasteiger partial charge in [0.05, 0.1) is 10.5 Å². The zero-order chi connectivity index (χ0) is 21.2. The van der Waals surface area contributed by atoms with Crippen LogP contribution >= 0.6 is 11.6 Å². The predicted molar refractivity (Wildman–Crippen MR) is 122 cm³/mol. The summed E-state index contributed by atoms with van der Waals surface area (Å²) in [7, 11) is 0. The molecule has 0 aliphatic carbocycles. The smallest absolute Gasteiger partial charge is 0.163 e. The van der Waals surface area contributed by atoms with Gasteiger partial charge >= 0.3 is 0 Å². The molecule has 0 radical (unpaired) electrons. The Morgan fingerprint density at radius 1 is 1.03 bits per heavy atom. The van der Waals surface area contributed by atoms with Crippen molar-refractivity contribution in [3.63, 3.8) is 0 Å². The maximum atomic E-state index is 13.6. The second-order valence-corrected chi connectivity index (χ2v) is 7.30. The Kier molecular flexibility index (Phi) is 5.01. The lowest BCUT2D eigenvalue weighted by molar-refractivity contribution is 0.628. The molecular weight excluding hydrogens is 415 g/mol. The van der Waals surface area contributed by atoms with Crippen LogP contribution in [0.2, 0.25) is 5.02 Å². The summed E-state index contributed by atoms with van der Waals surface area (Å²) in [6.07, 6.45) is 7.17. The van der Waals surface area contributed by atoms with E-state index in [0.717, 1.165) is 27.6 Å².